The van der Waals surface area contributed by atoms with Crippen molar-refractivity contribution in [3.63, 3.8) is 0 Å². The standard InChI is InChI=1S/C15H14N2O4/c1-20-14(18)10-21-12-6-4-5-11(9-12)17-15(19)13-7-2-3-8-16-13/h2-9H,10H2,1H3,(H,17,19). The van der Waals surface area contributed by atoms with Crippen molar-refractivity contribution >= 4 is 17.6 Å². The fourth-order valence-corrected chi connectivity index (χ4v) is 1.56. The second-order valence-corrected chi connectivity index (χ2v) is 4.06. The number of rotatable bonds is 5. The van der Waals surface area contributed by atoms with Gasteiger partial charge in [0.05, 0.1) is 7.11 Å². The Morgan fingerprint density at radius 3 is 2.76 bits per heavy atom. The molecule has 0 saturated carbocycles. The predicted octanol–water partition coefficient (Wildman–Crippen LogP) is 1.89. The van der Waals surface area contributed by atoms with Gasteiger partial charge in [-0.1, -0.05) is 12.1 Å². The van der Waals surface area contributed by atoms with E-state index in [4.69, 9.17) is 4.74 Å². The molecule has 0 radical (unpaired) electrons. The average Bonchev–Trinajstić information content (AvgIpc) is 2.53. The topological polar surface area (TPSA) is 77.5 Å². The first-order chi connectivity index (χ1) is 10.2. The Morgan fingerprint density at radius 1 is 1.19 bits per heavy atom. The molecule has 1 aromatic heterocycles. The predicted molar refractivity (Wildman–Crippen MR) is 76.1 cm³/mol. The van der Waals surface area contributed by atoms with E-state index in [0.717, 1.165) is 0 Å². The summed E-state index contributed by atoms with van der Waals surface area (Å²) in [5.74, 6) is -0.335. The van der Waals surface area contributed by atoms with Crippen LogP contribution in [0.5, 0.6) is 5.75 Å². The second kappa shape index (κ2) is 7.04. The number of esters is 1. The van der Waals surface area contributed by atoms with Crippen LogP contribution in [0.3, 0.4) is 0 Å². The van der Waals surface area contributed by atoms with E-state index in [2.05, 4.69) is 15.0 Å². The van der Waals surface area contributed by atoms with Crippen LogP contribution in [0.25, 0.3) is 0 Å². The molecule has 6 nitrogen and oxygen atoms in total. The minimum atomic E-state index is -0.474. The maximum absolute atomic E-state index is 11.9. The number of nitrogens with one attached hydrogen (secondary N) is 1. The number of carbonyl (C=O) groups is 2. The number of pyridine rings is 1. The Balaban J connectivity index is 2.01. The highest BCUT2D eigenvalue weighted by Gasteiger charge is 2.08. The number of nitrogens with zero attached hydrogens (tertiary/aromatic N) is 1. The highest BCUT2D eigenvalue weighted by Crippen LogP contribution is 2.17. The third-order valence-corrected chi connectivity index (χ3v) is 2.57. The molecule has 108 valence electrons. The molecule has 0 spiro atoms. The van der Waals surface area contributed by atoms with Gasteiger partial charge in [-0.25, -0.2) is 4.79 Å². The van der Waals surface area contributed by atoms with Crippen LogP contribution in [-0.2, 0) is 9.53 Å². The lowest BCUT2D eigenvalue weighted by Crippen LogP contribution is -2.14. The van der Waals surface area contributed by atoms with E-state index < -0.39 is 5.97 Å². The number of methoxy groups -OCH3 is 1. The number of aromatic nitrogens is 1. The Kier molecular flexibility index (Phi) is 4.87. The molecule has 0 aliphatic carbocycles. The van der Waals surface area contributed by atoms with Gasteiger partial charge in [0.1, 0.15) is 11.4 Å². The average molecular weight is 286 g/mol. The maximum atomic E-state index is 11.9. The molecule has 1 amide bonds. The maximum Gasteiger partial charge on any atom is 0.343 e. The molecule has 6 heteroatoms. The van der Waals surface area contributed by atoms with Crippen LogP contribution in [0.4, 0.5) is 5.69 Å². The molecular formula is C15H14N2O4. The Hall–Kier alpha value is -2.89. The van der Waals surface area contributed by atoms with Crippen LogP contribution < -0.4 is 10.1 Å². The summed E-state index contributed by atoms with van der Waals surface area (Å²) in [7, 11) is 1.29. The van der Waals surface area contributed by atoms with Gasteiger partial charge >= 0.3 is 5.97 Å². The Bertz CT molecular complexity index is 629. The molecule has 0 atom stereocenters. The smallest absolute Gasteiger partial charge is 0.343 e. The molecule has 1 N–H and O–H groups in total. The normalized spacial score (nSPS) is 9.76. The fraction of sp³-hybridized carbons (Fsp3) is 0.133. The monoisotopic (exact) mass is 286 g/mol. The Labute approximate surface area is 121 Å². The number of amides is 1. The first kappa shape index (κ1) is 14.5. The molecule has 0 aliphatic rings. The van der Waals surface area contributed by atoms with Gasteiger partial charge in [-0.05, 0) is 24.3 Å². The second-order valence-electron chi connectivity index (χ2n) is 4.06. The minimum Gasteiger partial charge on any atom is -0.482 e. The van der Waals surface area contributed by atoms with Crippen LogP contribution >= 0.6 is 0 Å². The summed E-state index contributed by atoms with van der Waals surface area (Å²) in [5.41, 5.74) is 0.867. The van der Waals surface area contributed by atoms with E-state index >= 15 is 0 Å². The SMILES string of the molecule is COC(=O)COc1cccc(NC(=O)c2ccccn2)c1. The lowest BCUT2D eigenvalue weighted by molar-refractivity contribution is -0.142. The van der Waals surface area contributed by atoms with Crippen molar-refractivity contribution in [1.82, 2.24) is 4.98 Å². The number of carbonyl (C=O) groups excluding carboxylic acids is 2. The van der Waals surface area contributed by atoms with Crippen LogP contribution in [0.2, 0.25) is 0 Å². The van der Waals surface area contributed by atoms with E-state index in [0.29, 0.717) is 17.1 Å². The molecule has 1 heterocycles. The summed E-state index contributed by atoms with van der Waals surface area (Å²) in [6.07, 6.45) is 1.55. The van der Waals surface area contributed by atoms with Gasteiger partial charge in [0.15, 0.2) is 6.61 Å². The van der Waals surface area contributed by atoms with Crippen molar-refractivity contribution in [1.29, 1.82) is 0 Å². The zero-order valence-corrected chi connectivity index (χ0v) is 11.4. The van der Waals surface area contributed by atoms with E-state index in [9.17, 15) is 9.59 Å². The molecule has 2 rings (SSSR count). The quantitative estimate of drug-likeness (QED) is 0.849. The molecule has 0 saturated heterocycles. The van der Waals surface area contributed by atoms with Gasteiger partial charge < -0.3 is 14.8 Å². The van der Waals surface area contributed by atoms with E-state index in [1.165, 1.54) is 7.11 Å². The molecule has 1 aromatic carbocycles. The van der Waals surface area contributed by atoms with Gasteiger partial charge in [0, 0.05) is 18.0 Å². The molecule has 0 bridgehead atoms. The first-order valence-corrected chi connectivity index (χ1v) is 6.21. The molecule has 21 heavy (non-hydrogen) atoms. The Morgan fingerprint density at radius 2 is 2.05 bits per heavy atom. The van der Waals surface area contributed by atoms with Crippen molar-refractivity contribution in [2.24, 2.45) is 0 Å². The number of anilines is 1. The van der Waals surface area contributed by atoms with Crippen LogP contribution in [0.1, 0.15) is 10.5 Å². The number of hydrogen-bond donors (Lipinski definition) is 1. The van der Waals surface area contributed by atoms with Crippen molar-refractivity contribution in [3.8, 4) is 5.75 Å². The summed E-state index contributed by atoms with van der Waals surface area (Å²) in [6, 6.07) is 11.8. The summed E-state index contributed by atoms with van der Waals surface area (Å²) < 4.78 is 9.73. The highest BCUT2D eigenvalue weighted by molar-refractivity contribution is 6.02. The number of hydrogen-bond acceptors (Lipinski definition) is 5. The van der Waals surface area contributed by atoms with Crippen LogP contribution in [0.15, 0.2) is 48.7 Å². The van der Waals surface area contributed by atoms with Crippen molar-refractivity contribution in [2.45, 2.75) is 0 Å². The van der Waals surface area contributed by atoms with Crippen LogP contribution in [-0.4, -0.2) is 30.6 Å². The van der Waals surface area contributed by atoms with E-state index in [-0.39, 0.29) is 12.5 Å². The number of ether oxygens (including phenoxy) is 2. The minimum absolute atomic E-state index is 0.186. The van der Waals surface area contributed by atoms with Gasteiger partial charge in [-0.2, -0.15) is 0 Å². The van der Waals surface area contributed by atoms with Crippen LogP contribution in [0, 0.1) is 0 Å². The van der Waals surface area contributed by atoms with Crippen molar-refractivity contribution < 1.29 is 19.1 Å². The summed E-state index contributed by atoms with van der Waals surface area (Å²) in [5, 5.41) is 2.70. The van der Waals surface area contributed by atoms with Crippen molar-refractivity contribution in [2.75, 3.05) is 19.0 Å². The molecule has 0 fully saturated rings. The number of benzene rings is 1. The van der Waals surface area contributed by atoms with E-state index in [1.54, 1.807) is 48.7 Å². The fourth-order valence-electron chi connectivity index (χ4n) is 1.56. The highest BCUT2D eigenvalue weighted by atomic mass is 16.6. The van der Waals surface area contributed by atoms with E-state index in [1.807, 2.05) is 0 Å². The van der Waals surface area contributed by atoms with Gasteiger partial charge in [0.2, 0.25) is 0 Å². The zero-order chi connectivity index (χ0) is 15.1. The van der Waals surface area contributed by atoms with Gasteiger partial charge in [0.25, 0.3) is 5.91 Å². The lowest BCUT2D eigenvalue weighted by atomic mass is 10.2. The summed E-state index contributed by atoms with van der Waals surface area (Å²) >= 11 is 0. The third-order valence-electron chi connectivity index (χ3n) is 2.57. The van der Waals surface area contributed by atoms with Crippen molar-refractivity contribution in [3.05, 3.63) is 54.4 Å². The zero-order valence-electron chi connectivity index (χ0n) is 11.4. The molecule has 0 unspecified atom stereocenters. The molecule has 2 aromatic rings. The lowest BCUT2D eigenvalue weighted by Gasteiger charge is -2.08. The van der Waals surface area contributed by atoms with Gasteiger partial charge in [-0.15, -0.1) is 0 Å². The third kappa shape index (κ3) is 4.31. The molecule has 0 aliphatic heterocycles. The summed E-state index contributed by atoms with van der Waals surface area (Å²) in [4.78, 5) is 26.9. The molecular weight excluding hydrogens is 272 g/mol. The first-order valence-electron chi connectivity index (χ1n) is 6.21. The van der Waals surface area contributed by atoms with Gasteiger partial charge in [-0.3, -0.25) is 9.78 Å². The summed E-state index contributed by atoms with van der Waals surface area (Å²) in [6.45, 7) is -0.186. The largest absolute Gasteiger partial charge is 0.482 e.